The van der Waals surface area contributed by atoms with Crippen molar-refractivity contribution in [1.29, 1.82) is 0 Å². The van der Waals surface area contributed by atoms with Crippen LogP contribution in [-0.4, -0.2) is 68.1 Å². The zero-order chi connectivity index (χ0) is 27.9. The van der Waals surface area contributed by atoms with Gasteiger partial charge in [0, 0.05) is 38.0 Å². The summed E-state index contributed by atoms with van der Waals surface area (Å²) in [4.78, 5) is 14.9. The molecule has 10 heteroatoms. The van der Waals surface area contributed by atoms with Gasteiger partial charge in [-0.15, -0.1) is 12.4 Å². The highest BCUT2D eigenvalue weighted by atomic mass is 35.5. The lowest BCUT2D eigenvalue weighted by molar-refractivity contribution is -0.121. The van der Waals surface area contributed by atoms with Crippen LogP contribution in [0.2, 0.25) is 0 Å². The topological polar surface area (TPSA) is 88.2 Å². The third-order valence-electron chi connectivity index (χ3n) is 7.41. The molecule has 1 fully saturated rings. The third-order valence-corrected chi connectivity index (χ3v) is 8.70. The van der Waals surface area contributed by atoms with Gasteiger partial charge >= 0.3 is 0 Å². The van der Waals surface area contributed by atoms with Gasteiger partial charge in [-0.3, -0.25) is 4.79 Å². The van der Waals surface area contributed by atoms with Gasteiger partial charge < -0.3 is 19.7 Å². The third kappa shape index (κ3) is 9.36. The van der Waals surface area contributed by atoms with Crippen molar-refractivity contribution in [3.63, 3.8) is 0 Å². The van der Waals surface area contributed by atoms with Crippen LogP contribution >= 0.6 is 12.4 Å². The Hall–Kier alpha value is -2.33. The molecule has 4 rings (SSSR count). The van der Waals surface area contributed by atoms with E-state index >= 15 is 0 Å². The summed E-state index contributed by atoms with van der Waals surface area (Å²) in [6.07, 6.45) is 6.20. The van der Waals surface area contributed by atoms with Crippen LogP contribution < -0.4 is 14.8 Å². The first kappa shape index (κ1) is 32.2. The van der Waals surface area contributed by atoms with E-state index in [2.05, 4.69) is 10.2 Å². The molecule has 1 atom stereocenters. The summed E-state index contributed by atoms with van der Waals surface area (Å²) < 4.78 is 39.8. The molecule has 2 aromatic rings. The van der Waals surface area contributed by atoms with Gasteiger partial charge in [-0.25, -0.2) is 8.42 Å². The summed E-state index contributed by atoms with van der Waals surface area (Å²) in [5, 5.41) is 3.00. The van der Waals surface area contributed by atoms with Gasteiger partial charge in [-0.1, -0.05) is 36.8 Å². The second-order valence-corrected chi connectivity index (χ2v) is 13.2. The summed E-state index contributed by atoms with van der Waals surface area (Å²) in [5.74, 6) is 1.28. The highest BCUT2D eigenvalue weighted by molar-refractivity contribution is 7.88. The second-order valence-electron chi connectivity index (χ2n) is 11.3. The first-order valence-electron chi connectivity index (χ1n) is 14.1. The molecule has 1 amide bonds. The number of carbonyl (C=O) groups excluding carboxylic acids is 1. The molecule has 0 aliphatic carbocycles. The normalized spacial score (nSPS) is 18.8. The zero-order valence-electron chi connectivity index (χ0n) is 23.9. The number of fused-ring (bicyclic) bond motifs is 1. The number of hydrogen-bond acceptors (Lipinski definition) is 6. The van der Waals surface area contributed by atoms with E-state index in [9.17, 15) is 13.2 Å². The van der Waals surface area contributed by atoms with Crippen molar-refractivity contribution in [3.8, 4) is 11.5 Å². The van der Waals surface area contributed by atoms with Gasteiger partial charge in [0.05, 0.1) is 12.3 Å². The Balaban J connectivity index is 0.00000441. The van der Waals surface area contributed by atoms with Crippen molar-refractivity contribution in [1.82, 2.24) is 14.5 Å². The molecule has 1 unspecified atom stereocenters. The molecular formula is C30H44ClN3O5S. The molecule has 8 nitrogen and oxygen atoms in total. The molecule has 2 aliphatic rings. The number of nitrogens with zero attached hydrogens (tertiary/aromatic N) is 2. The first-order chi connectivity index (χ1) is 18.6. The van der Waals surface area contributed by atoms with Crippen molar-refractivity contribution in [2.75, 3.05) is 39.0 Å². The van der Waals surface area contributed by atoms with Crippen molar-refractivity contribution in [2.45, 2.75) is 70.6 Å². The number of benzene rings is 2. The average Bonchev–Trinajstić information content (AvgIpc) is 2.90. The minimum Gasteiger partial charge on any atom is -0.489 e. The molecule has 2 aliphatic heterocycles. The molecule has 0 spiro atoms. The van der Waals surface area contributed by atoms with Crippen LogP contribution in [0.3, 0.4) is 0 Å². The number of nitrogens with one attached hydrogen (secondary N) is 1. The summed E-state index contributed by atoms with van der Waals surface area (Å²) in [6.45, 7) is 8.30. The quantitative estimate of drug-likeness (QED) is 0.375. The number of sulfonamides is 1. The van der Waals surface area contributed by atoms with Crippen LogP contribution in [0.1, 0.15) is 69.5 Å². The van der Waals surface area contributed by atoms with Gasteiger partial charge in [0.1, 0.15) is 23.7 Å². The Kier molecular flexibility index (Phi) is 11.7. The Bertz CT molecular complexity index is 1200. The lowest BCUT2D eigenvalue weighted by Crippen LogP contribution is -2.44. The van der Waals surface area contributed by atoms with E-state index in [1.165, 1.54) is 29.8 Å². The van der Waals surface area contributed by atoms with Crippen molar-refractivity contribution in [2.24, 2.45) is 0 Å². The predicted molar refractivity (Wildman–Crippen MR) is 161 cm³/mol. The van der Waals surface area contributed by atoms with Crippen molar-refractivity contribution in [3.05, 3.63) is 59.7 Å². The fourth-order valence-electron chi connectivity index (χ4n) is 5.46. The first-order valence-corrected chi connectivity index (χ1v) is 15.9. The van der Waals surface area contributed by atoms with Gasteiger partial charge in [0.25, 0.3) is 0 Å². The predicted octanol–water partition coefficient (Wildman–Crippen LogP) is 4.93. The fourth-order valence-corrected chi connectivity index (χ4v) is 6.57. The van der Waals surface area contributed by atoms with Gasteiger partial charge in [0.2, 0.25) is 15.9 Å². The van der Waals surface area contributed by atoms with Crippen molar-refractivity contribution < 1.29 is 22.7 Å². The maximum Gasteiger partial charge on any atom is 0.220 e. The maximum absolute atomic E-state index is 13.0. The Labute approximate surface area is 245 Å². The average molecular weight is 594 g/mol. The van der Waals surface area contributed by atoms with Crippen LogP contribution in [0, 0.1) is 0 Å². The summed E-state index contributed by atoms with van der Waals surface area (Å²) in [6, 6.07) is 15.1. The highest BCUT2D eigenvalue weighted by Gasteiger charge is 2.40. The molecule has 0 saturated carbocycles. The SMILES string of the molecule is CC1(C)CC(N(CCCC(=O)NCCN2CCCCC2)S(C)(=O)=O)c2cc(OCc3ccccc3)ccc2O1.Cl. The fraction of sp³-hybridized carbons (Fsp3) is 0.567. The second kappa shape index (κ2) is 14.5. The zero-order valence-corrected chi connectivity index (χ0v) is 25.6. The van der Waals surface area contributed by atoms with Gasteiger partial charge in [0.15, 0.2) is 0 Å². The standard InChI is InChI=1S/C30H43N3O5S.ClH/c1-30(2)22-27(26-21-25(14-15-28(26)38-30)37-23-24-11-6-4-7-12-24)33(39(3,35)36)19-10-13-29(34)31-16-20-32-17-8-5-9-18-32;/h4,6-7,11-12,14-15,21,27H,5,8-10,13,16-20,22-23H2,1-3H3,(H,31,34);1H. The Morgan fingerprint density at radius 3 is 2.55 bits per heavy atom. The highest BCUT2D eigenvalue weighted by Crippen LogP contribution is 2.45. The number of rotatable bonds is 12. The number of likely N-dealkylation sites (tertiary alicyclic amines) is 1. The van der Waals surface area contributed by atoms with Gasteiger partial charge in [-0.2, -0.15) is 4.31 Å². The van der Waals surface area contributed by atoms with E-state index in [4.69, 9.17) is 9.47 Å². The van der Waals surface area contributed by atoms with Crippen LogP contribution in [-0.2, 0) is 21.4 Å². The maximum atomic E-state index is 13.0. The molecule has 0 bridgehead atoms. The summed E-state index contributed by atoms with van der Waals surface area (Å²) in [5.41, 5.74) is 1.30. The minimum atomic E-state index is -3.56. The largest absolute Gasteiger partial charge is 0.489 e. The smallest absolute Gasteiger partial charge is 0.220 e. The molecule has 1 saturated heterocycles. The van der Waals surface area contributed by atoms with E-state index < -0.39 is 21.7 Å². The molecular weight excluding hydrogens is 550 g/mol. The molecule has 0 radical (unpaired) electrons. The minimum absolute atomic E-state index is 0. The molecule has 0 aromatic heterocycles. The van der Waals surface area contributed by atoms with E-state index in [-0.39, 0.29) is 31.3 Å². The van der Waals surface area contributed by atoms with Crippen LogP contribution in [0.25, 0.3) is 0 Å². The lowest BCUT2D eigenvalue weighted by atomic mass is 9.89. The number of carbonyl (C=O) groups is 1. The monoisotopic (exact) mass is 593 g/mol. The number of ether oxygens (including phenoxy) is 2. The number of halogens is 1. The van der Waals surface area contributed by atoms with Gasteiger partial charge in [-0.05, 0) is 70.0 Å². The number of piperidine rings is 1. The van der Waals surface area contributed by atoms with E-state index in [1.807, 2.05) is 62.4 Å². The molecule has 222 valence electrons. The Morgan fingerprint density at radius 1 is 1.12 bits per heavy atom. The molecule has 2 heterocycles. The molecule has 2 aromatic carbocycles. The molecule has 40 heavy (non-hydrogen) atoms. The van der Waals surface area contributed by atoms with E-state index in [1.54, 1.807) is 0 Å². The van der Waals surface area contributed by atoms with Crippen LogP contribution in [0.5, 0.6) is 11.5 Å². The summed E-state index contributed by atoms with van der Waals surface area (Å²) >= 11 is 0. The molecule has 1 N–H and O–H groups in total. The van der Waals surface area contributed by atoms with Crippen LogP contribution in [0.4, 0.5) is 0 Å². The van der Waals surface area contributed by atoms with Crippen molar-refractivity contribution >= 4 is 28.3 Å². The van der Waals surface area contributed by atoms with E-state index in [0.717, 1.165) is 30.8 Å². The van der Waals surface area contributed by atoms with Crippen LogP contribution in [0.15, 0.2) is 48.5 Å². The lowest BCUT2D eigenvalue weighted by Gasteiger charge is -2.41. The number of hydrogen-bond donors (Lipinski definition) is 1. The Morgan fingerprint density at radius 2 is 1.85 bits per heavy atom. The number of amides is 1. The summed E-state index contributed by atoms with van der Waals surface area (Å²) in [7, 11) is -3.56. The van der Waals surface area contributed by atoms with E-state index in [0.29, 0.717) is 37.5 Å².